The van der Waals surface area contributed by atoms with Gasteiger partial charge in [-0.1, -0.05) is 18.2 Å². The first-order valence-electron chi connectivity index (χ1n) is 9.20. The summed E-state index contributed by atoms with van der Waals surface area (Å²) >= 11 is 0. The molecular formula is C19H28N4O2. The van der Waals surface area contributed by atoms with Crippen LogP contribution in [-0.2, 0) is 16.0 Å². The van der Waals surface area contributed by atoms with Crippen LogP contribution in [0.25, 0.3) is 0 Å². The van der Waals surface area contributed by atoms with Gasteiger partial charge in [0.15, 0.2) is 0 Å². The quantitative estimate of drug-likeness (QED) is 0.826. The summed E-state index contributed by atoms with van der Waals surface area (Å²) in [7, 11) is 0. The topological polar surface area (TPSA) is 78.7 Å². The number of para-hydroxylation sites is 1. The van der Waals surface area contributed by atoms with Gasteiger partial charge in [0, 0.05) is 31.4 Å². The van der Waals surface area contributed by atoms with Gasteiger partial charge in [0.25, 0.3) is 0 Å². The summed E-state index contributed by atoms with van der Waals surface area (Å²) in [5.41, 5.74) is 7.72. The number of piperidine rings is 1. The van der Waals surface area contributed by atoms with Gasteiger partial charge in [-0.25, -0.2) is 0 Å². The fourth-order valence-corrected chi connectivity index (χ4v) is 3.97. The van der Waals surface area contributed by atoms with Gasteiger partial charge >= 0.3 is 0 Å². The van der Waals surface area contributed by atoms with Gasteiger partial charge in [-0.2, -0.15) is 0 Å². The largest absolute Gasteiger partial charge is 0.355 e. The molecule has 3 N–H and O–H groups in total. The van der Waals surface area contributed by atoms with Crippen LogP contribution in [0.3, 0.4) is 0 Å². The fourth-order valence-electron chi connectivity index (χ4n) is 3.97. The molecule has 2 atom stereocenters. The smallest absolute Gasteiger partial charge is 0.241 e. The minimum Gasteiger partial charge on any atom is -0.355 e. The van der Waals surface area contributed by atoms with Gasteiger partial charge in [-0.05, 0) is 44.4 Å². The molecule has 0 aromatic heterocycles. The molecule has 1 saturated heterocycles. The highest BCUT2D eigenvalue weighted by molar-refractivity contribution is 5.97. The van der Waals surface area contributed by atoms with E-state index in [1.807, 2.05) is 23.1 Å². The zero-order chi connectivity index (χ0) is 17.8. The van der Waals surface area contributed by atoms with Gasteiger partial charge in [0.2, 0.25) is 11.8 Å². The first kappa shape index (κ1) is 17.9. The van der Waals surface area contributed by atoms with Crippen molar-refractivity contribution in [2.75, 3.05) is 37.6 Å². The summed E-state index contributed by atoms with van der Waals surface area (Å²) < 4.78 is 0. The highest BCUT2D eigenvalue weighted by Gasteiger charge is 2.33. The third kappa shape index (κ3) is 4.02. The molecule has 6 heteroatoms. The highest BCUT2D eigenvalue weighted by atomic mass is 16.2. The Morgan fingerprint density at radius 2 is 2.12 bits per heavy atom. The number of carbonyl (C=O) groups excluding carboxylic acids is 2. The number of carbonyl (C=O) groups is 2. The van der Waals surface area contributed by atoms with E-state index in [2.05, 4.69) is 23.2 Å². The van der Waals surface area contributed by atoms with E-state index in [9.17, 15) is 9.59 Å². The predicted molar refractivity (Wildman–Crippen MR) is 98.3 cm³/mol. The zero-order valence-corrected chi connectivity index (χ0v) is 14.9. The molecule has 1 aromatic rings. The van der Waals surface area contributed by atoms with Crippen LogP contribution < -0.4 is 16.0 Å². The summed E-state index contributed by atoms with van der Waals surface area (Å²) in [6, 6.07) is 8.32. The number of amides is 2. The van der Waals surface area contributed by atoms with Gasteiger partial charge in [0.05, 0.1) is 12.5 Å². The van der Waals surface area contributed by atoms with E-state index < -0.39 is 0 Å². The molecule has 0 aliphatic carbocycles. The molecule has 0 radical (unpaired) electrons. The van der Waals surface area contributed by atoms with Crippen molar-refractivity contribution >= 4 is 17.5 Å². The van der Waals surface area contributed by atoms with Crippen molar-refractivity contribution in [3.8, 4) is 0 Å². The molecular weight excluding hydrogens is 316 g/mol. The Balaban J connectivity index is 1.60. The standard InChI is InChI=1S/C19H28N4O2/c1-14-11-15-5-2-3-7-17(15)23(14)18(24)13-22-10-4-6-16(12-22)19(25)21-9-8-20/h2-3,5,7,14,16H,4,6,8-13,20H2,1H3,(H,21,25). The lowest BCUT2D eigenvalue weighted by Crippen LogP contribution is -2.48. The number of fused-ring (bicyclic) bond motifs is 1. The lowest BCUT2D eigenvalue weighted by Gasteiger charge is -2.33. The minimum atomic E-state index is -0.0450. The molecule has 2 heterocycles. The van der Waals surface area contributed by atoms with Crippen LogP contribution in [0.5, 0.6) is 0 Å². The Hall–Kier alpha value is -1.92. The van der Waals surface area contributed by atoms with Gasteiger partial charge in [0.1, 0.15) is 0 Å². The summed E-state index contributed by atoms with van der Waals surface area (Å²) in [5, 5.41) is 2.87. The van der Waals surface area contributed by atoms with E-state index in [4.69, 9.17) is 5.73 Å². The maximum atomic E-state index is 12.9. The Morgan fingerprint density at radius 3 is 2.92 bits per heavy atom. The Kier molecular flexibility index (Phi) is 5.71. The maximum Gasteiger partial charge on any atom is 0.241 e. The first-order chi connectivity index (χ1) is 12.1. The van der Waals surface area contributed by atoms with Crippen molar-refractivity contribution in [3.05, 3.63) is 29.8 Å². The maximum absolute atomic E-state index is 12.9. The normalized spacial score (nSPS) is 23.4. The third-order valence-corrected chi connectivity index (χ3v) is 5.15. The van der Waals surface area contributed by atoms with Gasteiger partial charge in [-0.3, -0.25) is 14.5 Å². The van der Waals surface area contributed by atoms with E-state index in [0.29, 0.717) is 26.2 Å². The molecule has 0 spiro atoms. The SMILES string of the molecule is CC1Cc2ccccc2N1C(=O)CN1CCCC(C(=O)NCCN)C1. The second-order valence-corrected chi connectivity index (χ2v) is 7.10. The summed E-state index contributed by atoms with van der Waals surface area (Å²) in [6.45, 7) is 4.95. The molecule has 6 nitrogen and oxygen atoms in total. The molecule has 136 valence electrons. The van der Waals surface area contributed by atoms with Gasteiger partial charge < -0.3 is 16.0 Å². The monoisotopic (exact) mass is 344 g/mol. The predicted octanol–water partition coefficient (Wildman–Crippen LogP) is 0.751. The third-order valence-electron chi connectivity index (χ3n) is 5.15. The van der Waals surface area contributed by atoms with Crippen LogP contribution in [-0.4, -0.2) is 55.5 Å². The molecule has 2 unspecified atom stereocenters. The molecule has 1 aromatic carbocycles. The van der Waals surface area contributed by atoms with Crippen LogP contribution >= 0.6 is 0 Å². The fraction of sp³-hybridized carbons (Fsp3) is 0.579. The first-order valence-corrected chi connectivity index (χ1v) is 9.20. The zero-order valence-electron chi connectivity index (χ0n) is 14.9. The lowest BCUT2D eigenvalue weighted by atomic mass is 9.97. The van der Waals surface area contributed by atoms with Crippen LogP contribution in [0.15, 0.2) is 24.3 Å². The molecule has 25 heavy (non-hydrogen) atoms. The second kappa shape index (κ2) is 7.97. The number of hydrogen-bond acceptors (Lipinski definition) is 4. The number of nitrogens with zero attached hydrogens (tertiary/aromatic N) is 2. The second-order valence-electron chi connectivity index (χ2n) is 7.10. The van der Waals surface area contributed by atoms with E-state index in [-0.39, 0.29) is 23.8 Å². The Morgan fingerprint density at radius 1 is 1.32 bits per heavy atom. The Labute approximate surface area is 149 Å². The molecule has 3 rings (SSSR count). The van der Waals surface area contributed by atoms with Crippen molar-refractivity contribution < 1.29 is 9.59 Å². The summed E-state index contributed by atoms with van der Waals surface area (Å²) in [4.78, 5) is 29.1. The number of benzene rings is 1. The van der Waals surface area contributed by atoms with E-state index in [0.717, 1.165) is 31.5 Å². The number of nitrogens with one attached hydrogen (secondary N) is 1. The number of hydrogen-bond donors (Lipinski definition) is 2. The molecule has 2 amide bonds. The number of likely N-dealkylation sites (tertiary alicyclic amines) is 1. The average Bonchev–Trinajstić information content (AvgIpc) is 2.95. The molecule has 2 aliphatic heterocycles. The molecule has 0 saturated carbocycles. The van der Waals surface area contributed by atoms with E-state index in [1.54, 1.807) is 0 Å². The summed E-state index contributed by atoms with van der Waals surface area (Å²) in [6.07, 6.45) is 2.73. The highest BCUT2D eigenvalue weighted by Crippen LogP contribution is 2.32. The van der Waals surface area contributed by atoms with Crippen LogP contribution in [0.4, 0.5) is 5.69 Å². The minimum absolute atomic E-state index is 0.0450. The van der Waals surface area contributed by atoms with Crippen molar-refractivity contribution in [2.24, 2.45) is 11.7 Å². The van der Waals surface area contributed by atoms with Crippen molar-refractivity contribution in [1.82, 2.24) is 10.2 Å². The summed E-state index contributed by atoms with van der Waals surface area (Å²) in [5.74, 6) is 0.138. The van der Waals surface area contributed by atoms with E-state index in [1.165, 1.54) is 5.56 Å². The Bertz CT molecular complexity index is 634. The van der Waals surface area contributed by atoms with Crippen molar-refractivity contribution in [3.63, 3.8) is 0 Å². The number of anilines is 1. The van der Waals surface area contributed by atoms with Crippen molar-refractivity contribution in [1.29, 1.82) is 0 Å². The van der Waals surface area contributed by atoms with Crippen LogP contribution in [0, 0.1) is 5.92 Å². The van der Waals surface area contributed by atoms with Crippen molar-refractivity contribution in [2.45, 2.75) is 32.2 Å². The molecule has 1 fully saturated rings. The van der Waals surface area contributed by atoms with E-state index >= 15 is 0 Å². The number of nitrogens with two attached hydrogens (primary N) is 1. The average molecular weight is 344 g/mol. The lowest BCUT2D eigenvalue weighted by molar-refractivity contribution is -0.128. The molecule has 0 bridgehead atoms. The van der Waals surface area contributed by atoms with Crippen LogP contribution in [0.1, 0.15) is 25.3 Å². The number of rotatable bonds is 5. The van der Waals surface area contributed by atoms with Crippen LogP contribution in [0.2, 0.25) is 0 Å². The van der Waals surface area contributed by atoms with Gasteiger partial charge in [-0.15, -0.1) is 0 Å². The molecule has 2 aliphatic rings.